The van der Waals surface area contributed by atoms with Crippen LogP contribution in [0.15, 0.2) is 0 Å². The first kappa shape index (κ1) is 34.4. The molecule has 0 aliphatic rings. The number of rotatable bonds is 27. The summed E-state index contributed by atoms with van der Waals surface area (Å²) >= 11 is 0. The van der Waals surface area contributed by atoms with Gasteiger partial charge < -0.3 is 20.6 Å². The second-order valence-electron chi connectivity index (χ2n) is 10.7. The van der Waals surface area contributed by atoms with Gasteiger partial charge in [-0.2, -0.15) is 0 Å². The molecule has 0 aliphatic carbocycles. The number of nitrogens with one attached hydrogen (secondary N) is 1. The quantitative estimate of drug-likeness (QED) is 0.0900. The molecule has 1 amide bonds. The van der Waals surface area contributed by atoms with Gasteiger partial charge in [-0.1, -0.05) is 149 Å². The SMILES string of the molecule is CCCCCCCCCCCCCCC(O)C(=O)NC(CO)C(O)CCCCCCCCCCC. The number of amides is 1. The standard InChI is InChI=1S/C30H61NO4/c1-3-5-7-9-11-13-14-15-17-19-21-23-25-29(34)30(35)31-27(26-32)28(33)24-22-20-18-16-12-10-8-6-4-2/h27-29,32-34H,3-26H2,1-2H3,(H,31,35). The van der Waals surface area contributed by atoms with Gasteiger partial charge in [0.05, 0.1) is 18.8 Å². The largest absolute Gasteiger partial charge is 0.394 e. The molecular weight excluding hydrogens is 438 g/mol. The van der Waals surface area contributed by atoms with Crippen molar-refractivity contribution >= 4 is 5.91 Å². The molecule has 0 bridgehead atoms. The van der Waals surface area contributed by atoms with Gasteiger partial charge in [-0.3, -0.25) is 4.79 Å². The number of aliphatic hydroxyl groups excluding tert-OH is 3. The molecule has 0 aromatic heterocycles. The number of aliphatic hydroxyl groups is 3. The summed E-state index contributed by atoms with van der Waals surface area (Å²) < 4.78 is 0. The molecule has 0 fully saturated rings. The molecule has 0 radical (unpaired) electrons. The maximum absolute atomic E-state index is 12.3. The lowest BCUT2D eigenvalue weighted by Crippen LogP contribution is -2.49. The Balaban J connectivity index is 3.74. The number of unbranched alkanes of at least 4 members (excludes halogenated alkanes) is 19. The number of carbonyl (C=O) groups is 1. The van der Waals surface area contributed by atoms with Gasteiger partial charge in [0.25, 0.3) is 0 Å². The zero-order valence-electron chi connectivity index (χ0n) is 23.5. The number of hydrogen-bond donors (Lipinski definition) is 4. The molecule has 210 valence electrons. The van der Waals surface area contributed by atoms with Crippen LogP contribution in [0.5, 0.6) is 0 Å². The van der Waals surface area contributed by atoms with E-state index in [9.17, 15) is 20.1 Å². The Morgan fingerprint density at radius 2 is 0.914 bits per heavy atom. The van der Waals surface area contributed by atoms with Crippen molar-refractivity contribution in [3.63, 3.8) is 0 Å². The lowest BCUT2D eigenvalue weighted by Gasteiger charge is -2.23. The fourth-order valence-electron chi connectivity index (χ4n) is 4.72. The average Bonchev–Trinajstić information content (AvgIpc) is 2.86. The van der Waals surface area contributed by atoms with Crippen molar-refractivity contribution in [2.75, 3.05) is 6.61 Å². The van der Waals surface area contributed by atoms with E-state index >= 15 is 0 Å². The summed E-state index contributed by atoms with van der Waals surface area (Å²) in [6.45, 7) is 4.17. The van der Waals surface area contributed by atoms with E-state index in [2.05, 4.69) is 19.2 Å². The highest BCUT2D eigenvalue weighted by atomic mass is 16.3. The molecule has 3 atom stereocenters. The first-order chi connectivity index (χ1) is 17.1. The monoisotopic (exact) mass is 499 g/mol. The predicted molar refractivity (Wildman–Crippen MR) is 149 cm³/mol. The number of carbonyl (C=O) groups excluding carboxylic acids is 1. The van der Waals surface area contributed by atoms with Crippen LogP contribution >= 0.6 is 0 Å². The molecule has 0 rings (SSSR count). The summed E-state index contributed by atoms with van der Waals surface area (Å²) in [4.78, 5) is 12.3. The minimum atomic E-state index is -1.06. The molecule has 0 heterocycles. The van der Waals surface area contributed by atoms with Crippen molar-refractivity contribution in [3.05, 3.63) is 0 Å². The Hall–Kier alpha value is -0.650. The molecule has 0 saturated heterocycles. The van der Waals surface area contributed by atoms with Crippen molar-refractivity contribution < 1.29 is 20.1 Å². The van der Waals surface area contributed by atoms with Crippen LogP contribution in [-0.2, 0) is 4.79 Å². The van der Waals surface area contributed by atoms with Crippen molar-refractivity contribution in [1.82, 2.24) is 5.32 Å². The molecule has 4 N–H and O–H groups in total. The van der Waals surface area contributed by atoms with Gasteiger partial charge in [0.1, 0.15) is 6.10 Å². The highest BCUT2D eigenvalue weighted by Gasteiger charge is 2.23. The summed E-state index contributed by atoms with van der Waals surface area (Å²) in [6, 6.07) is -0.701. The Morgan fingerprint density at radius 3 is 1.29 bits per heavy atom. The normalized spacial score (nSPS) is 14.1. The minimum Gasteiger partial charge on any atom is -0.394 e. The highest BCUT2D eigenvalue weighted by molar-refractivity contribution is 5.80. The van der Waals surface area contributed by atoms with E-state index in [1.165, 1.54) is 103 Å². The van der Waals surface area contributed by atoms with Gasteiger partial charge in [-0.05, 0) is 12.8 Å². The van der Waals surface area contributed by atoms with E-state index in [1.54, 1.807) is 0 Å². The summed E-state index contributed by atoms with van der Waals surface area (Å²) in [6.07, 6.45) is 25.1. The minimum absolute atomic E-state index is 0.310. The fraction of sp³-hybridized carbons (Fsp3) is 0.967. The van der Waals surface area contributed by atoms with Crippen molar-refractivity contribution in [2.24, 2.45) is 0 Å². The van der Waals surface area contributed by atoms with Gasteiger partial charge in [0.2, 0.25) is 5.91 Å². The van der Waals surface area contributed by atoms with E-state index in [4.69, 9.17) is 0 Å². The van der Waals surface area contributed by atoms with Crippen LogP contribution < -0.4 is 5.32 Å². The average molecular weight is 500 g/mol. The second kappa shape index (κ2) is 26.4. The third-order valence-electron chi connectivity index (χ3n) is 7.23. The topological polar surface area (TPSA) is 89.8 Å². The Kier molecular flexibility index (Phi) is 25.9. The zero-order valence-corrected chi connectivity index (χ0v) is 23.5. The molecule has 0 aliphatic heterocycles. The van der Waals surface area contributed by atoms with Gasteiger partial charge in [-0.15, -0.1) is 0 Å². The molecule has 0 aromatic rings. The summed E-state index contributed by atoms with van der Waals surface area (Å²) in [5.41, 5.74) is 0. The summed E-state index contributed by atoms with van der Waals surface area (Å²) in [5.74, 6) is -0.474. The van der Waals surface area contributed by atoms with Crippen molar-refractivity contribution in [3.8, 4) is 0 Å². The van der Waals surface area contributed by atoms with Crippen LogP contribution in [-0.4, -0.2) is 46.1 Å². The highest BCUT2D eigenvalue weighted by Crippen LogP contribution is 2.14. The van der Waals surface area contributed by atoms with Crippen LogP contribution in [0, 0.1) is 0 Å². The lowest BCUT2D eigenvalue weighted by atomic mass is 10.0. The summed E-state index contributed by atoms with van der Waals surface area (Å²) in [7, 11) is 0. The van der Waals surface area contributed by atoms with E-state index in [0.29, 0.717) is 12.8 Å². The third kappa shape index (κ3) is 22.3. The van der Waals surface area contributed by atoms with Gasteiger partial charge in [0, 0.05) is 0 Å². The van der Waals surface area contributed by atoms with Crippen LogP contribution in [0.3, 0.4) is 0 Å². The molecule has 3 unspecified atom stereocenters. The Labute approximate surface area is 217 Å². The van der Waals surface area contributed by atoms with Crippen LogP contribution in [0.1, 0.15) is 162 Å². The zero-order chi connectivity index (χ0) is 26.0. The first-order valence-electron chi connectivity index (χ1n) is 15.3. The van der Waals surface area contributed by atoms with Crippen molar-refractivity contribution in [1.29, 1.82) is 0 Å². The number of hydrogen-bond acceptors (Lipinski definition) is 4. The first-order valence-corrected chi connectivity index (χ1v) is 15.3. The maximum Gasteiger partial charge on any atom is 0.249 e. The molecule has 5 heteroatoms. The van der Waals surface area contributed by atoms with Crippen LogP contribution in [0.2, 0.25) is 0 Å². The van der Waals surface area contributed by atoms with Crippen LogP contribution in [0.4, 0.5) is 0 Å². The Bertz CT molecular complexity index is 446. The third-order valence-corrected chi connectivity index (χ3v) is 7.23. The molecule has 35 heavy (non-hydrogen) atoms. The summed E-state index contributed by atoms with van der Waals surface area (Å²) in [5, 5.41) is 32.8. The van der Waals surface area contributed by atoms with Gasteiger partial charge >= 0.3 is 0 Å². The van der Waals surface area contributed by atoms with E-state index in [-0.39, 0.29) is 6.61 Å². The second-order valence-corrected chi connectivity index (χ2v) is 10.7. The van der Waals surface area contributed by atoms with Gasteiger partial charge in [0.15, 0.2) is 0 Å². The molecule has 5 nitrogen and oxygen atoms in total. The maximum atomic E-state index is 12.3. The van der Waals surface area contributed by atoms with E-state index < -0.39 is 24.2 Å². The fourth-order valence-corrected chi connectivity index (χ4v) is 4.72. The Morgan fingerprint density at radius 1 is 0.571 bits per heavy atom. The van der Waals surface area contributed by atoms with Crippen molar-refractivity contribution in [2.45, 2.75) is 180 Å². The van der Waals surface area contributed by atoms with E-state index in [0.717, 1.165) is 32.1 Å². The van der Waals surface area contributed by atoms with Crippen LogP contribution in [0.25, 0.3) is 0 Å². The smallest absolute Gasteiger partial charge is 0.249 e. The van der Waals surface area contributed by atoms with Gasteiger partial charge in [-0.25, -0.2) is 0 Å². The molecule has 0 saturated carbocycles. The predicted octanol–water partition coefficient (Wildman–Crippen LogP) is 7.20. The molecule has 0 aromatic carbocycles. The molecule has 0 spiro atoms. The molecular formula is C30H61NO4. The lowest BCUT2D eigenvalue weighted by molar-refractivity contribution is -0.131. The van der Waals surface area contributed by atoms with E-state index in [1.807, 2.05) is 0 Å².